The zero-order valence-electron chi connectivity index (χ0n) is 12.2. The molecule has 2 fully saturated rings. The van der Waals surface area contributed by atoms with Crippen molar-refractivity contribution >= 4 is 0 Å². The van der Waals surface area contributed by atoms with Crippen molar-refractivity contribution in [3.63, 3.8) is 0 Å². The van der Waals surface area contributed by atoms with Crippen molar-refractivity contribution in [2.75, 3.05) is 59.5 Å². The van der Waals surface area contributed by atoms with Gasteiger partial charge in [0.25, 0.3) is 0 Å². The monoisotopic (exact) mass is 271 g/mol. The van der Waals surface area contributed by atoms with Crippen LogP contribution in [-0.4, -0.2) is 81.5 Å². The van der Waals surface area contributed by atoms with E-state index in [1.807, 2.05) is 0 Å². The van der Waals surface area contributed by atoms with Crippen LogP contribution in [0.5, 0.6) is 0 Å². The van der Waals surface area contributed by atoms with Crippen LogP contribution in [0, 0.1) is 0 Å². The fourth-order valence-corrected chi connectivity index (χ4v) is 2.86. The molecule has 2 saturated heterocycles. The average Bonchev–Trinajstić information content (AvgIpc) is 2.41. The summed E-state index contributed by atoms with van der Waals surface area (Å²) in [5.41, 5.74) is 5.48. The zero-order valence-corrected chi connectivity index (χ0v) is 12.2. The molecule has 1 atom stereocenters. The molecular formula is C14H29N3O2. The molecule has 2 aliphatic rings. The minimum Gasteiger partial charge on any atom is -0.378 e. The number of nitrogens with zero attached hydrogens (tertiary/aromatic N) is 2. The highest BCUT2D eigenvalue weighted by Gasteiger charge is 2.24. The molecule has 0 aromatic heterocycles. The molecule has 0 spiro atoms. The van der Waals surface area contributed by atoms with Crippen LogP contribution in [0.2, 0.25) is 0 Å². The average molecular weight is 271 g/mol. The standard InChI is InChI=1S/C14H29N3O2/c1-16-8-10-19-14(11-16)12-17-6-3-13(4-7-17)18-9-2-5-15/h13-14H,2-12,15H2,1H3. The second-order valence-electron chi connectivity index (χ2n) is 5.77. The van der Waals surface area contributed by atoms with E-state index in [0.29, 0.717) is 12.2 Å². The summed E-state index contributed by atoms with van der Waals surface area (Å²) in [5, 5.41) is 0. The summed E-state index contributed by atoms with van der Waals surface area (Å²) in [6.07, 6.45) is 4.09. The Morgan fingerprint density at radius 3 is 2.74 bits per heavy atom. The van der Waals surface area contributed by atoms with Crippen molar-refractivity contribution in [1.82, 2.24) is 9.80 Å². The lowest BCUT2D eigenvalue weighted by molar-refractivity contribution is -0.0491. The number of likely N-dealkylation sites (tertiary alicyclic amines) is 1. The van der Waals surface area contributed by atoms with Crippen LogP contribution in [0.4, 0.5) is 0 Å². The molecule has 0 bridgehead atoms. The maximum absolute atomic E-state index is 5.83. The van der Waals surface area contributed by atoms with Crippen LogP contribution in [0.15, 0.2) is 0 Å². The predicted octanol–water partition coefficient (Wildman–Crippen LogP) is 0.147. The Kier molecular flexibility index (Phi) is 6.53. The van der Waals surface area contributed by atoms with Gasteiger partial charge < -0.3 is 25.0 Å². The van der Waals surface area contributed by atoms with Crippen molar-refractivity contribution in [3.8, 4) is 0 Å². The van der Waals surface area contributed by atoms with Gasteiger partial charge in [-0.3, -0.25) is 0 Å². The Bertz CT molecular complexity index is 245. The lowest BCUT2D eigenvalue weighted by Crippen LogP contribution is -2.48. The van der Waals surface area contributed by atoms with Gasteiger partial charge in [-0.2, -0.15) is 0 Å². The lowest BCUT2D eigenvalue weighted by Gasteiger charge is -2.37. The van der Waals surface area contributed by atoms with Crippen molar-refractivity contribution in [2.45, 2.75) is 31.5 Å². The van der Waals surface area contributed by atoms with E-state index in [1.165, 1.54) is 0 Å². The minimum atomic E-state index is 0.383. The molecule has 0 aromatic carbocycles. The van der Waals surface area contributed by atoms with Crippen LogP contribution in [0.25, 0.3) is 0 Å². The third-order valence-corrected chi connectivity index (χ3v) is 4.04. The molecule has 0 radical (unpaired) electrons. The van der Waals surface area contributed by atoms with Gasteiger partial charge >= 0.3 is 0 Å². The molecule has 0 saturated carbocycles. The number of morpholine rings is 1. The van der Waals surface area contributed by atoms with E-state index in [0.717, 1.165) is 71.7 Å². The first-order valence-electron chi connectivity index (χ1n) is 7.62. The summed E-state index contributed by atoms with van der Waals surface area (Å²) in [6.45, 7) is 7.89. The third-order valence-electron chi connectivity index (χ3n) is 4.04. The Labute approximate surface area is 117 Å². The SMILES string of the molecule is CN1CCOC(CN2CCC(OCCCN)CC2)C1. The minimum absolute atomic E-state index is 0.383. The second-order valence-corrected chi connectivity index (χ2v) is 5.77. The molecule has 1 unspecified atom stereocenters. The topological polar surface area (TPSA) is 51.0 Å². The van der Waals surface area contributed by atoms with E-state index in [9.17, 15) is 0 Å². The van der Waals surface area contributed by atoms with Gasteiger partial charge in [0.1, 0.15) is 0 Å². The number of hydrogen-bond donors (Lipinski definition) is 1. The number of hydrogen-bond acceptors (Lipinski definition) is 5. The van der Waals surface area contributed by atoms with Gasteiger partial charge in [-0.05, 0) is 32.9 Å². The van der Waals surface area contributed by atoms with Crippen LogP contribution < -0.4 is 5.73 Å². The smallest absolute Gasteiger partial charge is 0.0829 e. The number of piperidine rings is 1. The molecule has 2 rings (SSSR count). The van der Waals surface area contributed by atoms with Gasteiger partial charge in [-0.25, -0.2) is 0 Å². The fourth-order valence-electron chi connectivity index (χ4n) is 2.86. The molecule has 112 valence electrons. The summed E-state index contributed by atoms with van der Waals surface area (Å²) >= 11 is 0. The van der Waals surface area contributed by atoms with Crippen molar-refractivity contribution < 1.29 is 9.47 Å². The van der Waals surface area contributed by atoms with Crippen LogP contribution >= 0.6 is 0 Å². The molecule has 19 heavy (non-hydrogen) atoms. The normalized spacial score (nSPS) is 27.8. The van der Waals surface area contributed by atoms with E-state index in [1.54, 1.807) is 0 Å². The van der Waals surface area contributed by atoms with Gasteiger partial charge in [0.15, 0.2) is 0 Å². The van der Waals surface area contributed by atoms with E-state index in [2.05, 4.69) is 16.8 Å². The van der Waals surface area contributed by atoms with Crippen LogP contribution in [0.3, 0.4) is 0 Å². The summed E-state index contributed by atoms with van der Waals surface area (Å²) in [7, 11) is 2.17. The summed E-state index contributed by atoms with van der Waals surface area (Å²) in [6, 6.07) is 0. The Morgan fingerprint density at radius 1 is 1.26 bits per heavy atom. The third kappa shape index (κ3) is 5.36. The lowest BCUT2D eigenvalue weighted by atomic mass is 10.1. The molecule has 5 heteroatoms. The Hall–Kier alpha value is -0.200. The van der Waals surface area contributed by atoms with Crippen molar-refractivity contribution in [3.05, 3.63) is 0 Å². The zero-order chi connectivity index (χ0) is 13.5. The Morgan fingerprint density at radius 2 is 2.05 bits per heavy atom. The van der Waals surface area contributed by atoms with Crippen molar-refractivity contribution in [2.24, 2.45) is 5.73 Å². The molecular weight excluding hydrogens is 242 g/mol. The maximum Gasteiger partial charge on any atom is 0.0829 e. The molecule has 0 aliphatic carbocycles. The van der Waals surface area contributed by atoms with E-state index < -0.39 is 0 Å². The second kappa shape index (κ2) is 8.17. The molecule has 0 amide bonds. The maximum atomic E-state index is 5.83. The molecule has 2 N–H and O–H groups in total. The molecule has 2 heterocycles. The highest BCUT2D eigenvalue weighted by Crippen LogP contribution is 2.15. The highest BCUT2D eigenvalue weighted by atomic mass is 16.5. The van der Waals surface area contributed by atoms with E-state index in [4.69, 9.17) is 15.2 Å². The van der Waals surface area contributed by atoms with Gasteiger partial charge in [-0.15, -0.1) is 0 Å². The Balaban J connectivity index is 1.60. The molecule has 2 aliphatic heterocycles. The quantitative estimate of drug-likeness (QED) is 0.697. The highest BCUT2D eigenvalue weighted by molar-refractivity contribution is 4.78. The summed E-state index contributed by atoms with van der Waals surface area (Å²) < 4.78 is 11.7. The van der Waals surface area contributed by atoms with Gasteiger partial charge in [0.05, 0.1) is 18.8 Å². The van der Waals surface area contributed by atoms with E-state index in [-0.39, 0.29) is 0 Å². The largest absolute Gasteiger partial charge is 0.378 e. The van der Waals surface area contributed by atoms with Gasteiger partial charge in [0.2, 0.25) is 0 Å². The first kappa shape index (κ1) is 15.2. The first-order chi connectivity index (χ1) is 9.28. The van der Waals surface area contributed by atoms with Crippen LogP contribution in [0.1, 0.15) is 19.3 Å². The molecule has 5 nitrogen and oxygen atoms in total. The van der Waals surface area contributed by atoms with Crippen LogP contribution in [-0.2, 0) is 9.47 Å². The number of likely N-dealkylation sites (N-methyl/N-ethyl adjacent to an activating group) is 1. The number of rotatable bonds is 6. The summed E-state index contributed by atoms with van der Waals surface area (Å²) in [4.78, 5) is 4.88. The predicted molar refractivity (Wildman–Crippen MR) is 76.3 cm³/mol. The van der Waals surface area contributed by atoms with Gasteiger partial charge in [-0.1, -0.05) is 0 Å². The first-order valence-corrected chi connectivity index (χ1v) is 7.62. The van der Waals surface area contributed by atoms with Gasteiger partial charge in [0, 0.05) is 39.3 Å². The summed E-state index contributed by atoms with van der Waals surface area (Å²) in [5.74, 6) is 0. The fraction of sp³-hybridized carbons (Fsp3) is 1.00. The van der Waals surface area contributed by atoms with E-state index >= 15 is 0 Å². The van der Waals surface area contributed by atoms with Crippen molar-refractivity contribution in [1.29, 1.82) is 0 Å². The number of ether oxygens (including phenoxy) is 2. The molecule has 0 aromatic rings. The number of nitrogens with two attached hydrogens (primary N) is 1.